The Hall–Kier alpha value is -0.520. The lowest BCUT2D eigenvalue weighted by molar-refractivity contribution is -0.00128. The van der Waals surface area contributed by atoms with E-state index in [0.29, 0.717) is 0 Å². The Balaban J connectivity index is 2.66. The second-order valence-electron chi connectivity index (χ2n) is 7.04. The highest BCUT2D eigenvalue weighted by atomic mass is 16.5. The van der Waals surface area contributed by atoms with E-state index < -0.39 is 0 Å². The van der Waals surface area contributed by atoms with Gasteiger partial charge in [-0.3, -0.25) is 4.90 Å². The monoisotopic (exact) mass is 279 g/mol. The Bertz CT molecular complexity index is 320. The maximum absolute atomic E-state index is 5.49. The van der Waals surface area contributed by atoms with Crippen molar-refractivity contribution >= 4 is 0 Å². The molecular formula is C18H33NO. The zero-order chi connectivity index (χ0) is 15.0. The number of nitrogens with zero attached hydrogens (tertiary/aromatic N) is 1. The van der Waals surface area contributed by atoms with E-state index in [2.05, 4.69) is 51.4 Å². The van der Waals surface area contributed by atoms with Gasteiger partial charge in [0, 0.05) is 19.5 Å². The van der Waals surface area contributed by atoms with Crippen molar-refractivity contribution in [2.45, 2.75) is 65.8 Å². The fourth-order valence-electron chi connectivity index (χ4n) is 2.54. The molecule has 0 saturated carbocycles. The molecule has 0 spiro atoms. The standard InChI is InChI=1S/C18H33NO/c1-16(2)8-6-7-10-18(5,11-9-17(3)4)19-12-14-20-15-13-19/h16-17H,6,8-9,11-15H2,1-5H3. The summed E-state index contributed by atoms with van der Waals surface area (Å²) < 4.78 is 5.49. The maximum atomic E-state index is 5.49. The summed E-state index contributed by atoms with van der Waals surface area (Å²) in [6, 6.07) is 0. The molecule has 1 unspecified atom stereocenters. The van der Waals surface area contributed by atoms with Gasteiger partial charge in [-0.25, -0.2) is 0 Å². The zero-order valence-electron chi connectivity index (χ0n) is 14.2. The van der Waals surface area contributed by atoms with Crippen LogP contribution in [0.4, 0.5) is 0 Å². The van der Waals surface area contributed by atoms with Crippen molar-refractivity contribution in [3.05, 3.63) is 0 Å². The van der Waals surface area contributed by atoms with Crippen LogP contribution in [-0.2, 0) is 4.74 Å². The number of rotatable bonds is 6. The summed E-state index contributed by atoms with van der Waals surface area (Å²) in [5, 5.41) is 0. The molecule has 1 rings (SSSR count). The van der Waals surface area contributed by atoms with Crippen molar-refractivity contribution in [3.8, 4) is 11.8 Å². The second-order valence-corrected chi connectivity index (χ2v) is 7.04. The van der Waals surface area contributed by atoms with Gasteiger partial charge in [0.15, 0.2) is 0 Å². The Morgan fingerprint density at radius 2 is 1.65 bits per heavy atom. The van der Waals surface area contributed by atoms with Gasteiger partial charge in [0.25, 0.3) is 0 Å². The molecule has 1 saturated heterocycles. The molecule has 0 N–H and O–H groups in total. The van der Waals surface area contributed by atoms with Crippen molar-refractivity contribution in [2.24, 2.45) is 11.8 Å². The van der Waals surface area contributed by atoms with Gasteiger partial charge in [0.1, 0.15) is 0 Å². The lowest BCUT2D eigenvalue weighted by Crippen LogP contribution is -2.51. The number of morpholine rings is 1. The minimum Gasteiger partial charge on any atom is -0.379 e. The van der Waals surface area contributed by atoms with Crippen LogP contribution in [0.15, 0.2) is 0 Å². The first-order valence-electron chi connectivity index (χ1n) is 8.27. The Morgan fingerprint density at radius 3 is 2.20 bits per heavy atom. The third-order valence-electron chi connectivity index (χ3n) is 4.12. The van der Waals surface area contributed by atoms with Crippen LogP contribution >= 0.6 is 0 Å². The van der Waals surface area contributed by atoms with Crippen LogP contribution in [0, 0.1) is 23.7 Å². The molecule has 0 aromatic rings. The van der Waals surface area contributed by atoms with Crippen LogP contribution in [0.2, 0.25) is 0 Å². The number of hydrogen-bond acceptors (Lipinski definition) is 2. The molecule has 0 aromatic heterocycles. The van der Waals surface area contributed by atoms with E-state index in [-0.39, 0.29) is 5.54 Å². The predicted octanol–water partition coefficient (Wildman–Crippen LogP) is 3.95. The van der Waals surface area contributed by atoms with Crippen molar-refractivity contribution in [1.82, 2.24) is 4.90 Å². The number of ether oxygens (including phenoxy) is 1. The van der Waals surface area contributed by atoms with Gasteiger partial charge in [-0.15, -0.1) is 5.92 Å². The van der Waals surface area contributed by atoms with Crippen LogP contribution in [0.1, 0.15) is 60.3 Å². The van der Waals surface area contributed by atoms with Crippen molar-refractivity contribution in [3.63, 3.8) is 0 Å². The molecular weight excluding hydrogens is 246 g/mol. The second kappa shape index (κ2) is 8.70. The molecule has 0 aromatic carbocycles. The Morgan fingerprint density at radius 1 is 1.05 bits per heavy atom. The van der Waals surface area contributed by atoms with E-state index in [1.54, 1.807) is 0 Å². The highest BCUT2D eigenvalue weighted by Crippen LogP contribution is 2.24. The Kier molecular flexibility index (Phi) is 7.62. The van der Waals surface area contributed by atoms with E-state index in [0.717, 1.165) is 44.6 Å². The molecule has 1 atom stereocenters. The molecule has 1 heterocycles. The molecule has 2 heteroatoms. The summed E-state index contributed by atoms with van der Waals surface area (Å²) in [4.78, 5) is 2.53. The molecule has 0 amide bonds. The maximum Gasteiger partial charge on any atom is 0.0798 e. The molecule has 2 nitrogen and oxygen atoms in total. The summed E-state index contributed by atoms with van der Waals surface area (Å²) in [6.07, 6.45) is 4.64. The first-order chi connectivity index (χ1) is 9.44. The van der Waals surface area contributed by atoms with Gasteiger partial charge in [0.2, 0.25) is 0 Å². The minimum atomic E-state index is 0.0328. The van der Waals surface area contributed by atoms with E-state index in [4.69, 9.17) is 4.74 Å². The average molecular weight is 279 g/mol. The zero-order valence-corrected chi connectivity index (χ0v) is 14.2. The van der Waals surface area contributed by atoms with Gasteiger partial charge in [0.05, 0.1) is 18.8 Å². The van der Waals surface area contributed by atoms with Gasteiger partial charge >= 0.3 is 0 Å². The van der Waals surface area contributed by atoms with E-state index in [1.165, 1.54) is 19.3 Å². The van der Waals surface area contributed by atoms with Crippen molar-refractivity contribution in [2.75, 3.05) is 26.3 Å². The third-order valence-corrected chi connectivity index (χ3v) is 4.12. The van der Waals surface area contributed by atoms with Gasteiger partial charge in [-0.2, -0.15) is 0 Å². The highest BCUT2D eigenvalue weighted by molar-refractivity contribution is 5.17. The number of hydrogen-bond donors (Lipinski definition) is 0. The largest absolute Gasteiger partial charge is 0.379 e. The summed E-state index contributed by atoms with van der Waals surface area (Å²) in [7, 11) is 0. The summed E-state index contributed by atoms with van der Waals surface area (Å²) in [5.41, 5.74) is 0.0328. The first kappa shape index (κ1) is 17.5. The van der Waals surface area contributed by atoms with Gasteiger partial charge in [-0.05, 0) is 38.0 Å². The van der Waals surface area contributed by atoms with E-state index in [9.17, 15) is 0 Å². The third kappa shape index (κ3) is 6.29. The summed E-state index contributed by atoms with van der Waals surface area (Å²) in [6.45, 7) is 15.2. The van der Waals surface area contributed by atoms with Gasteiger partial charge < -0.3 is 4.74 Å². The van der Waals surface area contributed by atoms with Crippen molar-refractivity contribution < 1.29 is 4.74 Å². The molecule has 0 radical (unpaired) electrons. The first-order valence-corrected chi connectivity index (χ1v) is 8.27. The fraction of sp³-hybridized carbons (Fsp3) is 0.889. The lowest BCUT2D eigenvalue weighted by Gasteiger charge is -2.40. The summed E-state index contributed by atoms with van der Waals surface area (Å²) in [5.74, 6) is 8.53. The molecule has 1 fully saturated rings. The van der Waals surface area contributed by atoms with Crippen LogP contribution in [0.3, 0.4) is 0 Å². The SMILES string of the molecule is CC(C)CCC#CC(C)(CCC(C)C)N1CCOCC1. The van der Waals surface area contributed by atoms with Crippen molar-refractivity contribution in [1.29, 1.82) is 0 Å². The average Bonchev–Trinajstić information content (AvgIpc) is 2.42. The Labute approximate surface area is 126 Å². The topological polar surface area (TPSA) is 12.5 Å². The predicted molar refractivity (Wildman–Crippen MR) is 86.7 cm³/mol. The lowest BCUT2D eigenvalue weighted by atomic mass is 9.90. The van der Waals surface area contributed by atoms with Crippen LogP contribution in [0.25, 0.3) is 0 Å². The van der Waals surface area contributed by atoms with Crippen LogP contribution < -0.4 is 0 Å². The molecule has 0 bridgehead atoms. The minimum absolute atomic E-state index is 0.0328. The molecule has 0 aliphatic carbocycles. The molecule has 20 heavy (non-hydrogen) atoms. The quantitative estimate of drug-likeness (QED) is 0.683. The van der Waals surface area contributed by atoms with E-state index in [1.807, 2.05) is 0 Å². The van der Waals surface area contributed by atoms with Crippen LogP contribution in [0.5, 0.6) is 0 Å². The van der Waals surface area contributed by atoms with Crippen LogP contribution in [-0.4, -0.2) is 36.7 Å². The smallest absolute Gasteiger partial charge is 0.0798 e. The fourth-order valence-corrected chi connectivity index (χ4v) is 2.54. The summed E-state index contributed by atoms with van der Waals surface area (Å²) >= 11 is 0. The van der Waals surface area contributed by atoms with Gasteiger partial charge in [-0.1, -0.05) is 33.6 Å². The molecule has 1 aliphatic rings. The van der Waals surface area contributed by atoms with E-state index >= 15 is 0 Å². The highest BCUT2D eigenvalue weighted by Gasteiger charge is 2.31. The normalized spacial score (nSPS) is 19.8. The molecule has 1 aliphatic heterocycles. The molecule has 116 valence electrons.